The van der Waals surface area contributed by atoms with E-state index in [9.17, 15) is 14.0 Å². The van der Waals surface area contributed by atoms with Crippen molar-refractivity contribution in [2.75, 3.05) is 12.0 Å². The number of cyclic esters (lactones) is 1. The number of nitrogens with zero attached hydrogens (tertiary/aromatic N) is 1. The molecule has 1 aliphatic heterocycles. The number of ether oxygens (including phenoxy) is 3. The van der Waals surface area contributed by atoms with E-state index in [0.717, 1.165) is 5.56 Å². The first-order valence-electron chi connectivity index (χ1n) is 12.4. The molecule has 6 nitrogen and oxygen atoms in total. The zero-order valence-corrected chi connectivity index (χ0v) is 21.2. The fourth-order valence-corrected chi connectivity index (χ4v) is 4.45. The summed E-state index contributed by atoms with van der Waals surface area (Å²) in [7, 11) is 1.57. The first-order valence-corrected chi connectivity index (χ1v) is 12.4. The number of anilines is 1. The first-order chi connectivity index (χ1) is 19.0. The number of carbonyl (C=O) groups excluding carboxylic acids is 2. The van der Waals surface area contributed by atoms with Gasteiger partial charge >= 0.3 is 6.09 Å². The zero-order valence-electron chi connectivity index (χ0n) is 21.2. The molecule has 1 fully saturated rings. The molecule has 0 spiro atoms. The Labute approximate surface area is 225 Å². The number of rotatable bonds is 9. The molecule has 7 heteroatoms. The molecule has 1 heterocycles. The molecule has 0 unspecified atom stereocenters. The van der Waals surface area contributed by atoms with E-state index in [4.69, 9.17) is 14.2 Å². The summed E-state index contributed by atoms with van der Waals surface area (Å²) in [6.07, 6.45) is 1.54. The zero-order chi connectivity index (χ0) is 27.2. The lowest BCUT2D eigenvalue weighted by molar-refractivity contribution is 0.104. The molecule has 196 valence electrons. The van der Waals surface area contributed by atoms with Crippen molar-refractivity contribution >= 4 is 17.6 Å². The molecule has 5 rings (SSSR count). The standard InChI is InChI=1S/C32H26FNO5/c1-37-26-16-17-27(30(20-26)38-21-22-8-4-2-5-9-22)31-29(19-18-28(35)23-12-14-24(33)15-13-23)39-32(36)34(31)25-10-6-3-7-11-25/h2-20,29,31H,21H2,1H3/b19-18+/t29-,31-/m1/s1. The predicted octanol–water partition coefficient (Wildman–Crippen LogP) is 6.92. The number of carbonyl (C=O) groups is 2. The highest BCUT2D eigenvalue weighted by atomic mass is 19.1. The maximum absolute atomic E-state index is 13.3. The van der Waals surface area contributed by atoms with Crippen LogP contribution in [0.4, 0.5) is 14.9 Å². The predicted molar refractivity (Wildman–Crippen MR) is 146 cm³/mol. The van der Waals surface area contributed by atoms with E-state index < -0.39 is 24.1 Å². The Balaban J connectivity index is 1.53. The average molecular weight is 524 g/mol. The van der Waals surface area contributed by atoms with Gasteiger partial charge in [0.15, 0.2) is 5.78 Å². The van der Waals surface area contributed by atoms with E-state index in [0.29, 0.717) is 34.9 Å². The number of hydrogen-bond acceptors (Lipinski definition) is 5. The Morgan fingerprint density at radius 3 is 2.33 bits per heavy atom. The van der Waals surface area contributed by atoms with Crippen molar-refractivity contribution in [1.82, 2.24) is 0 Å². The smallest absolute Gasteiger partial charge is 0.415 e. The number of para-hydroxylation sites is 1. The van der Waals surface area contributed by atoms with E-state index in [1.54, 1.807) is 30.2 Å². The summed E-state index contributed by atoms with van der Waals surface area (Å²) in [5.74, 6) is 0.349. The molecule has 1 saturated heterocycles. The monoisotopic (exact) mass is 523 g/mol. The highest BCUT2D eigenvalue weighted by Gasteiger charge is 2.44. The van der Waals surface area contributed by atoms with E-state index in [1.807, 2.05) is 66.7 Å². The largest absolute Gasteiger partial charge is 0.497 e. The normalized spacial score (nSPS) is 16.8. The minimum Gasteiger partial charge on any atom is -0.497 e. The van der Waals surface area contributed by atoms with Crippen LogP contribution in [0.2, 0.25) is 0 Å². The van der Waals surface area contributed by atoms with Crippen molar-refractivity contribution in [1.29, 1.82) is 0 Å². The molecule has 0 aliphatic carbocycles. The Morgan fingerprint density at radius 1 is 0.949 bits per heavy atom. The van der Waals surface area contributed by atoms with Crippen LogP contribution in [-0.2, 0) is 11.3 Å². The van der Waals surface area contributed by atoms with Crippen molar-refractivity contribution in [2.45, 2.75) is 18.8 Å². The number of methoxy groups -OCH3 is 1. The van der Waals surface area contributed by atoms with Gasteiger partial charge in [0.25, 0.3) is 0 Å². The van der Waals surface area contributed by atoms with Gasteiger partial charge in [-0.15, -0.1) is 0 Å². The maximum atomic E-state index is 13.3. The van der Waals surface area contributed by atoms with Crippen molar-refractivity contribution in [3.63, 3.8) is 0 Å². The van der Waals surface area contributed by atoms with Gasteiger partial charge in [-0.2, -0.15) is 0 Å². The molecule has 1 amide bonds. The Hall–Kier alpha value is -4.91. The number of amides is 1. The molecule has 4 aromatic carbocycles. The van der Waals surface area contributed by atoms with Gasteiger partial charge < -0.3 is 14.2 Å². The first kappa shape index (κ1) is 25.7. The second-order valence-corrected chi connectivity index (χ2v) is 8.91. The maximum Gasteiger partial charge on any atom is 0.415 e. The molecule has 0 N–H and O–H groups in total. The molecular formula is C32H26FNO5. The van der Waals surface area contributed by atoms with Crippen molar-refractivity contribution < 1.29 is 28.2 Å². The summed E-state index contributed by atoms with van der Waals surface area (Å²) < 4.78 is 30.8. The van der Waals surface area contributed by atoms with Crippen LogP contribution in [0.15, 0.2) is 115 Å². The molecule has 2 atom stereocenters. The molecule has 0 radical (unpaired) electrons. The van der Waals surface area contributed by atoms with Gasteiger partial charge in [-0.1, -0.05) is 48.5 Å². The quantitative estimate of drug-likeness (QED) is 0.176. The van der Waals surface area contributed by atoms with Crippen LogP contribution in [0.25, 0.3) is 0 Å². The molecule has 0 bridgehead atoms. The van der Waals surface area contributed by atoms with E-state index >= 15 is 0 Å². The topological polar surface area (TPSA) is 65.1 Å². The Bertz CT molecular complexity index is 1470. The third-order valence-corrected chi connectivity index (χ3v) is 6.40. The summed E-state index contributed by atoms with van der Waals surface area (Å²) in [5, 5.41) is 0. The fraction of sp³-hybridized carbons (Fsp3) is 0.125. The number of benzene rings is 4. The Morgan fingerprint density at radius 2 is 1.64 bits per heavy atom. The van der Waals surface area contributed by atoms with Crippen LogP contribution < -0.4 is 14.4 Å². The Kier molecular flexibility index (Phi) is 7.68. The highest BCUT2D eigenvalue weighted by molar-refractivity contribution is 6.04. The average Bonchev–Trinajstić information content (AvgIpc) is 3.31. The minimum absolute atomic E-state index is 0.303. The van der Waals surface area contributed by atoms with Crippen molar-refractivity contribution in [2.24, 2.45) is 0 Å². The van der Waals surface area contributed by atoms with E-state index in [1.165, 1.54) is 30.3 Å². The molecular weight excluding hydrogens is 497 g/mol. The van der Waals surface area contributed by atoms with Gasteiger partial charge in [0.2, 0.25) is 0 Å². The number of ketones is 1. The third kappa shape index (κ3) is 5.83. The van der Waals surface area contributed by atoms with Gasteiger partial charge in [-0.3, -0.25) is 9.69 Å². The minimum atomic E-state index is -0.811. The summed E-state index contributed by atoms with van der Waals surface area (Å²) in [6, 6.07) is 28.9. The molecule has 0 saturated carbocycles. The highest BCUT2D eigenvalue weighted by Crippen LogP contribution is 2.42. The lowest BCUT2D eigenvalue weighted by Gasteiger charge is -2.26. The fourth-order valence-electron chi connectivity index (χ4n) is 4.45. The third-order valence-electron chi connectivity index (χ3n) is 6.40. The molecule has 1 aliphatic rings. The number of hydrogen-bond donors (Lipinski definition) is 0. The van der Waals surface area contributed by atoms with Crippen LogP contribution in [-0.4, -0.2) is 25.1 Å². The second kappa shape index (κ2) is 11.6. The van der Waals surface area contributed by atoms with Gasteiger partial charge in [-0.05, 0) is 66.2 Å². The van der Waals surface area contributed by atoms with Crippen LogP contribution in [0.1, 0.15) is 27.5 Å². The van der Waals surface area contributed by atoms with Crippen molar-refractivity contribution in [3.8, 4) is 11.5 Å². The molecule has 4 aromatic rings. The number of allylic oxidation sites excluding steroid dienone is 1. The van der Waals surface area contributed by atoms with Gasteiger partial charge in [-0.25, -0.2) is 9.18 Å². The van der Waals surface area contributed by atoms with Gasteiger partial charge in [0, 0.05) is 22.9 Å². The van der Waals surface area contributed by atoms with Crippen LogP contribution in [0.5, 0.6) is 11.5 Å². The molecule has 39 heavy (non-hydrogen) atoms. The van der Waals surface area contributed by atoms with Crippen LogP contribution in [0, 0.1) is 5.82 Å². The van der Waals surface area contributed by atoms with E-state index in [-0.39, 0.29) is 5.78 Å². The van der Waals surface area contributed by atoms with Gasteiger partial charge in [0.05, 0.1) is 7.11 Å². The number of halogens is 1. The summed E-state index contributed by atoms with van der Waals surface area (Å²) in [4.78, 5) is 27.6. The summed E-state index contributed by atoms with van der Waals surface area (Å²) in [6.45, 7) is 0.303. The lowest BCUT2D eigenvalue weighted by Crippen LogP contribution is -2.29. The second-order valence-electron chi connectivity index (χ2n) is 8.91. The van der Waals surface area contributed by atoms with Crippen LogP contribution >= 0.6 is 0 Å². The molecule has 0 aromatic heterocycles. The summed E-state index contributed by atoms with van der Waals surface area (Å²) in [5.41, 5.74) is 2.62. The van der Waals surface area contributed by atoms with Crippen molar-refractivity contribution in [3.05, 3.63) is 138 Å². The van der Waals surface area contributed by atoms with Crippen LogP contribution in [0.3, 0.4) is 0 Å². The lowest BCUT2D eigenvalue weighted by atomic mass is 9.97. The SMILES string of the molecule is COc1ccc([C@@H]2[C@@H](/C=C/C(=O)c3ccc(F)cc3)OC(=O)N2c2ccccc2)c(OCc2ccccc2)c1. The van der Waals surface area contributed by atoms with Gasteiger partial charge in [0.1, 0.15) is 36.1 Å². The van der Waals surface area contributed by atoms with E-state index in [2.05, 4.69) is 0 Å². The summed E-state index contributed by atoms with van der Waals surface area (Å²) >= 11 is 0.